The molecule has 5 aromatic rings. The zero-order valence-electron chi connectivity index (χ0n) is 18.2. The largest absolute Gasteiger partial charge is 0.496 e. The van der Waals surface area contributed by atoms with Crippen molar-refractivity contribution >= 4 is 11.0 Å². The molecule has 0 bridgehead atoms. The van der Waals surface area contributed by atoms with Gasteiger partial charge in [-0.25, -0.2) is 0 Å². The van der Waals surface area contributed by atoms with Gasteiger partial charge in [-0.1, -0.05) is 91.0 Å². The van der Waals surface area contributed by atoms with Crippen molar-refractivity contribution in [2.75, 3.05) is 7.11 Å². The van der Waals surface area contributed by atoms with Crippen LogP contribution in [-0.2, 0) is 6.61 Å². The molecule has 0 aliphatic heterocycles. The van der Waals surface area contributed by atoms with Crippen molar-refractivity contribution in [2.24, 2.45) is 0 Å². The van der Waals surface area contributed by atoms with Crippen molar-refractivity contribution in [1.82, 2.24) is 0 Å². The Morgan fingerprint density at radius 2 is 1.33 bits per heavy atom. The monoisotopic (exact) mass is 434 g/mol. The van der Waals surface area contributed by atoms with Crippen LogP contribution in [0.2, 0.25) is 0 Å². The summed E-state index contributed by atoms with van der Waals surface area (Å²) in [5, 5.41) is 0.392. The van der Waals surface area contributed by atoms with Gasteiger partial charge in [-0.05, 0) is 11.1 Å². The first-order valence-electron chi connectivity index (χ1n) is 10.7. The van der Waals surface area contributed by atoms with Crippen molar-refractivity contribution in [2.45, 2.75) is 6.61 Å². The first kappa shape index (κ1) is 20.6. The van der Waals surface area contributed by atoms with E-state index >= 15 is 0 Å². The fourth-order valence-corrected chi connectivity index (χ4v) is 3.91. The molecule has 0 saturated carbocycles. The quantitative estimate of drug-likeness (QED) is 0.298. The van der Waals surface area contributed by atoms with E-state index in [4.69, 9.17) is 13.9 Å². The number of ether oxygens (including phenoxy) is 2. The topological polar surface area (TPSA) is 48.7 Å². The number of benzene rings is 4. The summed E-state index contributed by atoms with van der Waals surface area (Å²) in [6.45, 7) is 0.373. The van der Waals surface area contributed by atoms with Gasteiger partial charge in [0, 0.05) is 17.7 Å². The highest BCUT2D eigenvalue weighted by Crippen LogP contribution is 2.42. The minimum absolute atomic E-state index is 0.168. The molecule has 0 amide bonds. The Hall–Kier alpha value is -4.31. The fraction of sp³-hybridized carbons (Fsp3) is 0.0690. The van der Waals surface area contributed by atoms with Crippen molar-refractivity contribution in [3.8, 4) is 33.9 Å². The molecule has 0 unspecified atom stereocenters. The third kappa shape index (κ3) is 4.11. The summed E-state index contributed by atoms with van der Waals surface area (Å²) in [5.74, 6) is 1.50. The molecule has 1 aromatic heterocycles. The number of methoxy groups -OCH3 is 1. The molecule has 162 valence electrons. The molecule has 1 heterocycles. The van der Waals surface area contributed by atoms with E-state index < -0.39 is 0 Å². The molecule has 0 aliphatic carbocycles. The van der Waals surface area contributed by atoms with E-state index in [-0.39, 0.29) is 5.43 Å². The standard InChI is InChI=1S/C29H22O4/c1-31-25-18-26(32-19-20-11-5-2-6-12-20)27(22-15-9-4-10-16-22)29-28(25)23(30)17-24(33-29)21-13-7-3-8-14-21/h2-18H,19H2,1H3. The second-order valence-corrected chi connectivity index (χ2v) is 7.64. The lowest BCUT2D eigenvalue weighted by atomic mass is 10.00. The molecule has 0 N–H and O–H groups in total. The van der Waals surface area contributed by atoms with Crippen LogP contribution < -0.4 is 14.9 Å². The predicted octanol–water partition coefficient (Wildman–Crippen LogP) is 6.71. The SMILES string of the molecule is COc1cc(OCc2ccccc2)c(-c2ccccc2)c2oc(-c3ccccc3)cc(=O)c12. The molecule has 4 heteroatoms. The molecular weight excluding hydrogens is 412 g/mol. The summed E-state index contributed by atoms with van der Waals surface area (Å²) in [6.07, 6.45) is 0. The number of fused-ring (bicyclic) bond motifs is 1. The predicted molar refractivity (Wildman–Crippen MR) is 131 cm³/mol. The number of hydrogen-bond acceptors (Lipinski definition) is 4. The Kier molecular flexibility index (Phi) is 5.64. The van der Waals surface area contributed by atoms with Crippen molar-refractivity contribution in [3.63, 3.8) is 0 Å². The van der Waals surface area contributed by atoms with Gasteiger partial charge in [0.1, 0.15) is 29.3 Å². The average molecular weight is 434 g/mol. The van der Waals surface area contributed by atoms with Crippen LogP contribution in [0.4, 0.5) is 0 Å². The van der Waals surface area contributed by atoms with E-state index in [9.17, 15) is 4.79 Å². The van der Waals surface area contributed by atoms with Crippen molar-refractivity contribution in [1.29, 1.82) is 0 Å². The summed E-state index contributed by atoms with van der Waals surface area (Å²) >= 11 is 0. The van der Waals surface area contributed by atoms with Crippen molar-refractivity contribution in [3.05, 3.63) is 119 Å². The van der Waals surface area contributed by atoms with Crippen molar-refractivity contribution < 1.29 is 13.9 Å². The second kappa shape index (κ2) is 9.05. The van der Waals surface area contributed by atoms with Crippen LogP contribution in [0, 0.1) is 0 Å². The zero-order valence-corrected chi connectivity index (χ0v) is 18.2. The average Bonchev–Trinajstić information content (AvgIpc) is 2.88. The van der Waals surface area contributed by atoms with Gasteiger partial charge >= 0.3 is 0 Å². The molecule has 5 rings (SSSR count). The lowest BCUT2D eigenvalue weighted by Gasteiger charge is -2.17. The first-order valence-corrected chi connectivity index (χ1v) is 10.7. The van der Waals surface area contributed by atoms with Crippen LogP contribution in [0.15, 0.2) is 112 Å². The molecule has 4 aromatic carbocycles. The van der Waals surface area contributed by atoms with Gasteiger partial charge in [0.25, 0.3) is 0 Å². The molecule has 0 spiro atoms. The molecule has 0 radical (unpaired) electrons. The molecular formula is C29H22O4. The molecule has 33 heavy (non-hydrogen) atoms. The van der Waals surface area contributed by atoms with E-state index in [1.807, 2.05) is 91.0 Å². The maximum atomic E-state index is 13.2. The first-order chi connectivity index (χ1) is 16.2. The summed E-state index contributed by atoms with van der Waals surface area (Å²) in [7, 11) is 1.54. The van der Waals surface area contributed by atoms with Crippen LogP contribution >= 0.6 is 0 Å². The molecule has 4 nitrogen and oxygen atoms in total. The Morgan fingerprint density at radius 1 is 0.727 bits per heavy atom. The van der Waals surface area contributed by atoms with Gasteiger partial charge in [-0.3, -0.25) is 4.79 Å². The lowest BCUT2D eigenvalue weighted by molar-refractivity contribution is 0.305. The molecule has 0 fully saturated rings. The smallest absolute Gasteiger partial charge is 0.197 e. The van der Waals surface area contributed by atoms with Crippen LogP contribution in [-0.4, -0.2) is 7.11 Å². The van der Waals surface area contributed by atoms with Gasteiger partial charge in [0.15, 0.2) is 11.0 Å². The van der Waals surface area contributed by atoms with E-state index in [0.29, 0.717) is 34.8 Å². The van der Waals surface area contributed by atoms with Gasteiger partial charge in [-0.15, -0.1) is 0 Å². The molecule has 0 atom stereocenters. The summed E-state index contributed by atoms with van der Waals surface area (Å²) in [4.78, 5) is 13.2. The summed E-state index contributed by atoms with van der Waals surface area (Å²) in [5.41, 5.74) is 3.74. The summed E-state index contributed by atoms with van der Waals surface area (Å²) < 4.78 is 18.3. The van der Waals surface area contributed by atoms with E-state index in [1.165, 1.54) is 6.07 Å². The summed E-state index contributed by atoms with van der Waals surface area (Å²) in [6, 6.07) is 32.6. The van der Waals surface area contributed by atoms with E-state index in [2.05, 4.69) is 0 Å². The van der Waals surface area contributed by atoms with E-state index in [1.54, 1.807) is 13.2 Å². The number of hydrogen-bond donors (Lipinski definition) is 0. The molecule has 0 aliphatic rings. The third-order valence-corrected chi connectivity index (χ3v) is 5.51. The lowest BCUT2D eigenvalue weighted by Crippen LogP contribution is -2.06. The number of rotatable bonds is 6. The van der Waals surface area contributed by atoms with Gasteiger partial charge < -0.3 is 13.9 Å². The minimum Gasteiger partial charge on any atom is -0.496 e. The van der Waals surface area contributed by atoms with Crippen LogP contribution in [0.3, 0.4) is 0 Å². The van der Waals surface area contributed by atoms with Crippen LogP contribution in [0.5, 0.6) is 11.5 Å². The van der Waals surface area contributed by atoms with E-state index in [0.717, 1.165) is 22.3 Å². The minimum atomic E-state index is -0.168. The van der Waals surface area contributed by atoms with Crippen LogP contribution in [0.1, 0.15) is 5.56 Å². The Balaban J connectivity index is 1.77. The highest BCUT2D eigenvalue weighted by Gasteiger charge is 2.21. The maximum absolute atomic E-state index is 13.2. The Bertz CT molecular complexity index is 1440. The fourth-order valence-electron chi connectivity index (χ4n) is 3.91. The maximum Gasteiger partial charge on any atom is 0.197 e. The zero-order chi connectivity index (χ0) is 22.6. The van der Waals surface area contributed by atoms with Gasteiger partial charge in [0.05, 0.1) is 12.7 Å². The normalized spacial score (nSPS) is 10.8. The van der Waals surface area contributed by atoms with Gasteiger partial charge in [0.2, 0.25) is 0 Å². The highest BCUT2D eigenvalue weighted by molar-refractivity contribution is 5.99. The van der Waals surface area contributed by atoms with Gasteiger partial charge in [-0.2, -0.15) is 0 Å². The Labute approximate surface area is 191 Å². The third-order valence-electron chi connectivity index (χ3n) is 5.51. The Morgan fingerprint density at radius 3 is 1.97 bits per heavy atom. The second-order valence-electron chi connectivity index (χ2n) is 7.64. The molecule has 0 saturated heterocycles. The van der Waals surface area contributed by atoms with Crippen LogP contribution in [0.25, 0.3) is 33.4 Å². The highest BCUT2D eigenvalue weighted by atomic mass is 16.5.